The van der Waals surface area contributed by atoms with Crippen LogP contribution in [0.25, 0.3) is 11.3 Å². The lowest BCUT2D eigenvalue weighted by Gasteiger charge is -2.21. The van der Waals surface area contributed by atoms with Crippen LogP contribution in [0.5, 0.6) is 0 Å². The highest BCUT2D eigenvalue weighted by Crippen LogP contribution is 2.21. The van der Waals surface area contributed by atoms with Gasteiger partial charge in [-0.05, 0) is 39.4 Å². The van der Waals surface area contributed by atoms with Crippen LogP contribution in [0.2, 0.25) is 0 Å². The van der Waals surface area contributed by atoms with E-state index in [1.807, 2.05) is 25.2 Å². The Bertz CT molecular complexity index is 685. The predicted molar refractivity (Wildman–Crippen MR) is 133 cm³/mol. The second-order valence-electron chi connectivity index (χ2n) is 6.63. The van der Waals surface area contributed by atoms with Crippen LogP contribution in [0, 0.1) is 0 Å². The first-order valence-corrected chi connectivity index (χ1v) is 10.7. The minimum atomic E-state index is 0. The Kier molecular flexibility index (Phi) is 12.3. The molecule has 1 unspecified atom stereocenters. The van der Waals surface area contributed by atoms with E-state index in [1.54, 1.807) is 11.3 Å². The van der Waals surface area contributed by atoms with Crippen LogP contribution in [-0.2, 0) is 6.54 Å². The molecule has 0 amide bonds. The molecule has 2 aromatic rings. The van der Waals surface area contributed by atoms with E-state index in [2.05, 4.69) is 58.8 Å². The van der Waals surface area contributed by atoms with Gasteiger partial charge in [0.1, 0.15) is 5.01 Å². The first kappa shape index (κ1) is 24.8. The molecule has 1 heterocycles. The molecule has 7 heteroatoms. The minimum absolute atomic E-state index is 0. The Morgan fingerprint density at radius 2 is 1.93 bits per heavy atom. The summed E-state index contributed by atoms with van der Waals surface area (Å²) >= 11 is 1.68. The van der Waals surface area contributed by atoms with Crippen molar-refractivity contribution in [1.82, 2.24) is 20.5 Å². The first-order valence-electron chi connectivity index (χ1n) is 9.85. The average Bonchev–Trinajstić information content (AvgIpc) is 3.18. The van der Waals surface area contributed by atoms with Gasteiger partial charge >= 0.3 is 0 Å². The Morgan fingerprint density at radius 1 is 1.21 bits per heavy atom. The molecule has 0 aliphatic heterocycles. The van der Waals surface area contributed by atoms with Gasteiger partial charge in [0.05, 0.1) is 12.2 Å². The van der Waals surface area contributed by atoms with Gasteiger partial charge in [-0.3, -0.25) is 4.99 Å². The molecule has 156 valence electrons. The second-order valence-corrected chi connectivity index (χ2v) is 7.58. The molecule has 28 heavy (non-hydrogen) atoms. The first-order chi connectivity index (χ1) is 13.2. The molecule has 1 atom stereocenters. The van der Waals surface area contributed by atoms with Gasteiger partial charge in [-0.25, -0.2) is 4.98 Å². The lowest BCUT2D eigenvalue weighted by Crippen LogP contribution is -2.42. The summed E-state index contributed by atoms with van der Waals surface area (Å²) in [7, 11) is 1.81. The molecular weight excluding hydrogens is 481 g/mol. The fraction of sp³-hybridized carbons (Fsp3) is 0.524. The van der Waals surface area contributed by atoms with Gasteiger partial charge in [0.15, 0.2) is 5.96 Å². The van der Waals surface area contributed by atoms with Crippen molar-refractivity contribution >= 4 is 41.3 Å². The van der Waals surface area contributed by atoms with E-state index in [1.165, 1.54) is 6.42 Å². The third-order valence-corrected chi connectivity index (χ3v) is 5.49. The van der Waals surface area contributed by atoms with E-state index in [-0.39, 0.29) is 24.0 Å². The maximum atomic E-state index is 4.72. The molecule has 0 saturated carbocycles. The summed E-state index contributed by atoms with van der Waals surface area (Å²) in [6, 6.07) is 10.7. The SMILES string of the molecule is CCN(CC)CCCC(C)NC(=NC)NCc1nc(-c2ccccc2)cs1.I. The van der Waals surface area contributed by atoms with Crippen molar-refractivity contribution in [1.29, 1.82) is 0 Å². The molecule has 5 nitrogen and oxygen atoms in total. The number of halogens is 1. The van der Waals surface area contributed by atoms with Crippen LogP contribution in [0.4, 0.5) is 0 Å². The highest BCUT2D eigenvalue weighted by Gasteiger charge is 2.08. The molecule has 0 aliphatic rings. The molecule has 2 N–H and O–H groups in total. The second kappa shape index (κ2) is 13.9. The van der Waals surface area contributed by atoms with Crippen molar-refractivity contribution in [2.45, 2.75) is 46.2 Å². The topological polar surface area (TPSA) is 52.5 Å². The van der Waals surface area contributed by atoms with Gasteiger partial charge in [0.25, 0.3) is 0 Å². The fourth-order valence-corrected chi connectivity index (χ4v) is 3.70. The Morgan fingerprint density at radius 3 is 2.57 bits per heavy atom. The number of thiazole rings is 1. The lowest BCUT2D eigenvalue weighted by molar-refractivity contribution is 0.292. The van der Waals surface area contributed by atoms with E-state index in [0.29, 0.717) is 12.6 Å². The van der Waals surface area contributed by atoms with Crippen molar-refractivity contribution in [2.24, 2.45) is 4.99 Å². The molecule has 1 aromatic heterocycles. The van der Waals surface area contributed by atoms with Crippen molar-refractivity contribution in [3.05, 3.63) is 40.7 Å². The molecule has 0 spiro atoms. The zero-order valence-electron chi connectivity index (χ0n) is 17.4. The number of guanidine groups is 1. The van der Waals surface area contributed by atoms with Crippen LogP contribution in [0.1, 0.15) is 38.6 Å². The largest absolute Gasteiger partial charge is 0.354 e. The highest BCUT2D eigenvalue weighted by atomic mass is 127. The molecule has 0 fully saturated rings. The fourth-order valence-electron chi connectivity index (χ4n) is 2.95. The Hall–Kier alpha value is -1.19. The normalized spacial score (nSPS) is 12.5. The number of aliphatic imine (C=N–C) groups is 1. The zero-order chi connectivity index (χ0) is 19.5. The van der Waals surface area contributed by atoms with Gasteiger partial charge in [-0.1, -0.05) is 44.2 Å². The van der Waals surface area contributed by atoms with Crippen LogP contribution in [0.3, 0.4) is 0 Å². The van der Waals surface area contributed by atoms with Crippen LogP contribution in [-0.4, -0.2) is 48.6 Å². The third-order valence-electron chi connectivity index (χ3n) is 4.64. The van der Waals surface area contributed by atoms with E-state index >= 15 is 0 Å². The number of aromatic nitrogens is 1. The van der Waals surface area contributed by atoms with Crippen molar-refractivity contribution in [3.63, 3.8) is 0 Å². The summed E-state index contributed by atoms with van der Waals surface area (Å²) in [4.78, 5) is 11.5. The third kappa shape index (κ3) is 8.45. The molecule has 1 aromatic carbocycles. The lowest BCUT2D eigenvalue weighted by atomic mass is 10.2. The number of benzene rings is 1. The molecule has 0 bridgehead atoms. The van der Waals surface area contributed by atoms with Crippen molar-refractivity contribution < 1.29 is 0 Å². The van der Waals surface area contributed by atoms with E-state index < -0.39 is 0 Å². The monoisotopic (exact) mass is 515 g/mol. The maximum absolute atomic E-state index is 4.72. The Balaban J connectivity index is 0.00000392. The molecule has 0 radical (unpaired) electrons. The number of nitrogens with zero attached hydrogens (tertiary/aromatic N) is 3. The summed E-state index contributed by atoms with van der Waals surface area (Å²) in [6.07, 6.45) is 2.33. The van der Waals surface area contributed by atoms with E-state index in [9.17, 15) is 0 Å². The van der Waals surface area contributed by atoms with Gasteiger partial charge in [0, 0.05) is 24.0 Å². The van der Waals surface area contributed by atoms with Crippen LogP contribution >= 0.6 is 35.3 Å². The predicted octanol–water partition coefficient (Wildman–Crippen LogP) is 4.60. The van der Waals surface area contributed by atoms with Gasteiger partial charge < -0.3 is 15.5 Å². The molecule has 0 aliphatic carbocycles. The number of nitrogens with one attached hydrogen (secondary N) is 2. The summed E-state index contributed by atoms with van der Waals surface area (Å²) < 4.78 is 0. The number of hydrogen-bond donors (Lipinski definition) is 2. The maximum Gasteiger partial charge on any atom is 0.191 e. The van der Waals surface area contributed by atoms with Crippen LogP contribution < -0.4 is 10.6 Å². The number of rotatable bonds is 10. The van der Waals surface area contributed by atoms with Crippen LogP contribution in [0.15, 0.2) is 40.7 Å². The standard InChI is InChI=1S/C21H33N5S.HI/c1-5-26(6-2)14-10-11-17(3)24-21(22-4)23-15-20-25-19(16-27-20)18-12-8-7-9-13-18;/h7-9,12-13,16-17H,5-6,10-11,14-15H2,1-4H3,(H2,22,23,24);1H. The van der Waals surface area contributed by atoms with Crippen molar-refractivity contribution in [2.75, 3.05) is 26.7 Å². The summed E-state index contributed by atoms with van der Waals surface area (Å²) in [6.45, 7) is 10.7. The highest BCUT2D eigenvalue weighted by molar-refractivity contribution is 14.0. The zero-order valence-corrected chi connectivity index (χ0v) is 20.6. The summed E-state index contributed by atoms with van der Waals surface area (Å²) in [5, 5.41) is 10.0. The summed E-state index contributed by atoms with van der Waals surface area (Å²) in [5.74, 6) is 0.835. The Labute approximate surface area is 191 Å². The van der Waals surface area contributed by atoms with Gasteiger partial charge in [-0.2, -0.15) is 0 Å². The van der Waals surface area contributed by atoms with E-state index in [0.717, 1.165) is 48.3 Å². The minimum Gasteiger partial charge on any atom is -0.354 e. The van der Waals surface area contributed by atoms with Crippen molar-refractivity contribution in [3.8, 4) is 11.3 Å². The smallest absolute Gasteiger partial charge is 0.191 e. The molecular formula is C21H34IN5S. The number of hydrogen-bond acceptors (Lipinski definition) is 4. The van der Waals surface area contributed by atoms with Gasteiger partial charge in [-0.15, -0.1) is 35.3 Å². The average molecular weight is 516 g/mol. The molecule has 0 saturated heterocycles. The molecule has 2 rings (SSSR count). The van der Waals surface area contributed by atoms with Gasteiger partial charge in [0.2, 0.25) is 0 Å². The summed E-state index contributed by atoms with van der Waals surface area (Å²) in [5.41, 5.74) is 2.19. The van der Waals surface area contributed by atoms with E-state index in [4.69, 9.17) is 4.98 Å². The quantitative estimate of drug-likeness (QED) is 0.276.